The average molecular weight is 164 g/mol. The summed E-state index contributed by atoms with van der Waals surface area (Å²) in [5, 5.41) is 0. The zero-order valence-electron chi connectivity index (χ0n) is 8.34. The van der Waals surface area contributed by atoms with Crippen LogP contribution in [-0.4, -0.2) is 0 Å². The lowest BCUT2D eigenvalue weighted by Crippen LogP contribution is -2.15. The summed E-state index contributed by atoms with van der Waals surface area (Å²) < 4.78 is 0. The first-order valence-electron chi connectivity index (χ1n) is 5.37. The molecule has 0 heterocycles. The maximum absolute atomic E-state index is 4.25. The van der Waals surface area contributed by atoms with Gasteiger partial charge in [0.15, 0.2) is 0 Å². The quantitative estimate of drug-likeness (QED) is 0.547. The standard InChI is InChI=1S/C12H20/c1-8(2)9(3)12-7-10-4-5-11(12)6-10/h8,10-12H,3-7H2,1-2H3. The Balaban J connectivity index is 2.02. The summed E-state index contributed by atoms with van der Waals surface area (Å²) in [6, 6.07) is 0. The molecule has 12 heavy (non-hydrogen) atoms. The summed E-state index contributed by atoms with van der Waals surface area (Å²) in [4.78, 5) is 0. The molecule has 0 N–H and O–H groups in total. The van der Waals surface area contributed by atoms with E-state index in [9.17, 15) is 0 Å². The molecular formula is C12H20. The van der Waals surface area contributed by atoms with Crippen LogP contribution in [0.15, 0.2) is 12.2 Å². The second-order valence-electron chi connectivity index (χ2n) is 5.01. The molecule has 0 aromatic heterocycles. The van der Waals surface area contributed by atoms with Crippen LogP contribution in [-0.2, 0) is 0 Å². The molecule has 0 radical (unpaired) electrons. The molecule has 2 bridgehead atoms. The second-order valence-corrected chi connectivity index (χ2v) is 5.01. The Morgan fingerprint density at radius 3 is 2.42 bits per heavy atom. The molecule has 0 spiro atoms. The fourth-order valence-corrected chi connectivity index (χ4v) is 3.13. The number of hydrogen-bond acceptors (Lipinski definition) is 0. The topological polar surface area (TPSA) is 0 Å². The molecule has 0 aromatic carbocycles. The smallest absolute Gasteiger partial charge is 0.0172 e. The van der Waals surface area contributed by atoms with Crippen LogP contribution >= 0.6 is 0 Å². The highest BCUT2D eigenvalue weighted by Gasteiger charge is 2.40. The Bertz CT molecular complexity index is 190. The molecule has 0 aromatic rings. The van der Waals surface area contributed by atoms with Gasteiger partial charge in [0, 0.05) is 0 Å². The Hall–Kier alpha value is -0.260. The highest BCUT2D eigenvalue weighted by atomic mass is 14.5. The van der Waals surface area contributed by atoms with Crippen molar-refractivity contribution < 1.29 is 0 Å². The number of allylic oxidation sites excluding steroid dienone is 1. The molecule has 2 saturated carbocycles. The molecule has 2 rings (SSSR count). The normalized spacial score (nSPS) is 39.4. The van der Waals surface area contributed by atoms with Crippen molar-refractivity contribution in [1.29, 1.82) is 0 Å². The van der Waals surface area contributed by atoms with Crippen LogP contribution < -0.4 is 0 Å². The van der Waals surface area contributed by atoms with Gasteiger partial charge in [-0.3, -0.25) is 0 Å². The Morgan fingerprint density at radius 1 is 1.25 bits per heavy atom. The van der Waals surface area contributed by atoms with Gasteiger partial charge in [0.25, 0.3) is 0 Å². The summed E-state index contributed by atoms with van der Waals surface area (Å²) in [5.74, 6) is 3.68. The van der Waals surface area contributed by atoms with E-state index >= 15 is 0 Å². The minimum Gasteiger partial charge on any atom is -0.0993 e. The monoisotopic (exact) mass is 164 g/mol. The van der Waals surface area contributed by atoms with Gasteiger partial charge >= 0.3 is 0 Å². The number of hydrogen-bond donors (Lipinski definition) is 0. The Kier molecular flexibility index (Phi) is 2.02. The maximum Gasteiger partial charge on any atom is -0.0172 e. The van der Waals surface area contributed by atoms with Crippen LogP contribution in [0.1, 0.15) is 39.5 Å². The number of rotatable bonds is 2. The highest BCUT2D eigenvalue weighted by molar-refractivity contribution is 5.10. The van der Waals surface area contributed by atoms with Gasteiger partial charge in [-0.1, -0.05) is 32.4 Å². The molecule has 68 valence electrons. The van der Waals surface area contributed by atoms with E-state index in [-0.39, 0.29) is 0 Å². The van der Waals surface area contributed by atoms with Crippen molar-refractivity contribution in [2.75, 3.05) is 0 Å². The lowest BCUT2D eigenvalue weighted by molar-refractivity contribution is 0.358. The molecule has 3 atom stereocenters. The molecule has 2 aliphatic carbocycles. The van der Waals surface area contributed by atoms with Gasteiger partial charge in [0.05, 0.1) is 0 Å². The van der Waals surface area contributed by atoms with Crippen LogP contribution in [0.5, 0.6) is 0 Å². The summed E-state index contributed by atoms with van der Waals surface area (Å²) in [6.07, 6.45) is 5.96. The van der Waals surface area contributed by atoms with Crippen molar-refractivity contribution in [3.8, 4) is 0 Å². The first-order valence-corrected chi connectivity index (χ1v) is 5.37. The molecule has 0 nitrogen and oxygen atoms in total. The predicted octanol–water partition coefficient (Wildman–Crippen LogP) is 3.63. The zero-order chi connectivity index (χ0) is 8.72. The Morgan fingerprint density at radius 2 is 2.00 bits per heavy atom. The van der Waals surface area contributed by atoms with Crippen molar-refractivity contribution in [1.82, 2.24) is 0 Å². The maximum atomic E-state index is 4.25. The molecular weight excluding hydrogens is 144 g/mol. The fourth-order valence-electron chi connectivity index (χ4n) is 3.13. The van der Waals surface area contributed by atoms with Crippen LogP contribution in [0.25, 0.3) is 0 Å². The Labute approximate surface area is 76.1 Å². The van der Waals surface area contributed by atoms with Gasteiger partial charge in [-0.05, 0) is 42.9 Å². The second kappa shape index (κ2) is 2.90. The average Bonchev–Trinajstić information content (AvgIpc) is 2.62. The van der Waals surface area contributed by atoms with E-state index in [0.29, 0.717) is 5.92 Å². The number of fused-ring (bicyclic) bond motifs is 2. The molecule has 0 aliphatic heterocycles. The van der Waals surface area contributed by atoms with Crippen molar-refractivity contribution in [3.05, 3.63) is 12.2 Å². The van der Waals surface area contributed by atoms with E-state index in [1.165, 1.54) is 31.3 Å². The van der Waals surface area contributed by atoms with Crippen LogP contribution in [0.4, 0.5) is 0 Å². The highest BCUT2D eigenvalue weighted by Crippen LogP contribution is 2.51. The summed E-state index contributed by atoms with van der Waals surface area (Å²) in [6.45, 7) is 8.83. The molecule has 3 unspecified atom stereocenters. The third kappa shape index (κ3) is 1.22. The van der Waals surface area contributed by atoms with Gasteiger partial charge in [-0.15, -0.1) is 0 Å². The summed E-state index contributed by atoms with van der Waals surface area (Å²) >= 11 is 0. The van der Waals surface area contributed by atoms with E-state index in [0.717, 1.165) is 17.8 Å². The van der Waals surface area contributed by atoms with Crippen LogP contribution in [0, 0.1) is 23.7 Å². The summed E-state index contributed by atoms with van der Waals surface area (Å²) in [7, 11) is 0. The van der Waals surface area contributed by atoms with Crippen molar-refractivity contribution >= 4 is 0 Å². The third-order valence-electron chi connectivity index (χ3n) is 3.96. The van der Waals surface area contributed by atoms with E-state index in [1.807, 2.05) is 0 Å². The van der Waals surface area contributed by atoms with E-state index in [2.05, 4.69) is 20.4 Å². The predicted molar refractivity (Wildman–Crippen MR) is 52.9 cm³/mol. The molecule has 2 aliphatic rings. The largest absolute Gasteiger partial charge is 0.0993 e. The van der Waals surface area contributed by atoms with Gasteiger partial charge in [-0.2, -0.15) is 0 Å². The van der Waals surface area contributed by atoms with Gasteiger partial charge in [0.2, 0.25) is 0 Å². The minimum absolute atomic E-state index is 0.703. The third-order valence-corrected chi connectivity index (χ3v) is 3.96. The summed E-state index contributed by atoms with van der Waals surface area (Å²) in [5.41, 5.74) is 1.53. The van der Waals surface area contributed by atoms with E-state index < -0.39 is 0 Å². The first kappa shape index (κ1) is 8.34. The first-order chi connectivity index (χ1) is 5.68. The van der Waals surface area contributed by atoms with Crippen molar-refractivity contribution in [2.24, 2.45) is 23.7 Å². The van der Waals surface area contributed by atoms with E-state index in [4.69, 9.17) is 0 Å². The lowest BCUT2D eigenvalue weighted by Gasteiger charge is -2.26. The molecule has 0 amide bonds. The van der Waals surface area contributed by atoms with Gasteiger partial charge in [0.1, 0.15) is 0 Å². The zero-order valence-corrected chi connectivity index (χ0v) is 8.34. The van der Waals surface area contributed by atoms with Gasteiger partial charge < -0.3 is 0 Å². The van der Waals surface area contributed by atoms with Crippen molar-refractivity contribution in [3.63, 3.8) is 0 Å². The van der Waals surface area contributed by atoms with E-state index in [1.54, 1.807) is 0 Å². The SMILES string of the molecule is C=C(C(C)C)C1CC2CCC1C2. The molecule has 2 fully saturated rings. The van der Waals surface area contributed by atoms with Gasteiger partial charge in [-0.25, -0.2) is 0 Å². The van der Waals surface area contributed by atoms with Crippen LogP contribution in [0.2, 0.25) is 0 Å². The van der Waals surface area contributed by atoms with Crippen LogP contribution in [0.3, 0.4) is 0 Å². The van der Waals surface area contributed by atoms with Crippen molar-refractivity contribution in [2.45, 2.75) is 39.5 Å². The molecule has 0 saturated heterocycles. The molecule has 0 heteroatoms. The fraction of sp³-hybridized carbons (Fsp3) is 0.833. The minimum atomic E-state index is 0.703. The lowest BCUT2D eigenvalue weighted by atomic mass is 9.80.